The zero-order valence-electron chi connectivity index (χ0n) is 22.7. The van der Waals surface area contributed by atoms with Gasteiger partial charge in [-0.1, -0.05) is 18.2 Å². The minimum absolute atomic E-state index is 0.0472. The van der Waals surface area contributed by atoms with Gasteiger partial charge in [0, 0.05) is 38.3 Å². The van der Waals surface area contributed by atoms with Crippen LogP contribution in [0, 0.1) is 6.92 Å². The number of carbonyl (C=O) groups is 2. The molecule has 0 bridgehead atoms. The summed E-state index contributed by atoms with van der Waals surface area (Å²) in [6.45, 7) is 1.91. The molecule has 0 atom stereocenters. The summed E-state index contributed by atoms with van der Waals surface area (Å²) in [6.07, 6.45) is -8.27. The number of ether oxygens (including phenoxy) is 1. The molecule has 0 radical (unpaired) electrons. The summed E-state index contributed by atoms with van der Waals surface area (Å²) in [4.78, 5) is 31.0. The van der Waals surface area contributed by atoms with Gasteiger partial charge in [-0.25, -0.2) is 12.7 Å². The predicted molar refractivity (Wildman–Crippen MR) is 143 cm³/mol. The summed E-state index contributed by atoms with van der Waals surface area (Å²) in [6, 6.07) is 10.1. The monoisotopic (exact) mass is 598 g/mol. The lowest BCUT2D eigenvalue weighted by Crippen LogP contribution is -2.50. The normalized spacial score (nSPS) is 17.5. The van der Waals surface area contributed by atoms with E-state index in [-0.39, 0.29) is 55.4 Å². The number of hydrogen-bond acceptors (Lipinski definition) is 6. The lowest BCUT2D eigenvalue weighted by atomic mass is 9.89. The molecule has 0 unspecified atom stereocenters. The molecule has 9 nitrogen and oxygen atoms in total. The first kappa shape index (κ1) is 30.4. The Morgan fingerprint density at radius 3 is 2.46 bits per heavy atom. The third-order valence-corrected chi connectivity index (χ3v) is 9.04. The summed E-state index contributed by atoms with van der Waals surface area (Å²) in [5.74, 6) is -1.23. The van der Waals surface area contributed by atoms with Crippen molar-refractivity contribution in [1.82, 2.24) is 14.5 Å². The number of benzene rings is 2. The zero-order valence-corrected chi connectivity index (χ0v) is 23.5. The molecule has 2 aromatic carbocycles. The molecule has 1 spiro atoms. The molecule has 0 saturated carbocycles. The van der Waals surface area contributed by atoms with E-state index in [1.165, 1.54) is 21.3 Å². The number of hydrogen-bond donors (Lipinski definition) is 1. The molecule has 222 valence electrons. The van der Waals surface area contributed by atoms with Crippen LogP contribution in [0.2, 0.25) is 0 Å². The SMILES string of the molecule is Cc1cc(C(=O)N(C)C)ccc1CCS(=O)(=O)N1CCC2(CC1)N=C(c1cccc(OC(F)(F)C(F)F)c1)NC2=O. The van der Waals surface area contributed by atoms with Crippen molar-refractivity contribution in [2.75, 3.05) is 32.9 Å². The van der Waals surface area contributed by atoms with Gasteiger partial charge in [-0.05, 0) is 61.6 Å². The number of amidine groups is 1. The number of nitrogens with one attached hydrogen (secondary N) is 1. The maximum Gasteiger partial charge on any atom is 0.461 e. The van der Waals surface area contributed by atoms with Crippen LogP contribution >= 0.6 is 0 Å². The number of alkyl halides is 4. The first-order valence-electron chi connectivity index (χ1n) is 12.8. The van der Waals surface area contributed by atoms with Gasteiger partial charge >= 0.3 is 12.5 Å². The highest BCUT2D eigenvalue weighted by molar-refractivity contribution is 7.89. The molecule has 4 rings (SSSR count). The van der Waals surface area contributed by atoms with Crippen molar-refractivity contribution in [3.8, 4) is 5.75 Å². The van der Waals surface area contributed by atoms with E-state index in [1.807, 2.05) is 6.92 Å². The molecular weight excluding hydrogens is 568 g/mol. The Morgan fingerprint density at radius 1 is 1.17 bits per heavy atom. The van der Waals surface area contributed by atoms with Gasteiger partial charge in [0.05, 0.1) is 5.75 Å². The highest BCUT2D eigenvalue weighted by Crippen LogP contribution is 2.33. The average Bonchev–Trinajstić information content (AvgIpc) is 3.22. The Bertz CT molecular complexity index is 1470. The van der Waals surface area contributed by atoms with Crippen LogP contribution < -0.4 is 10.1 Å². The summed E-state index contributed by atoms with van der Waals surface area (Å²) in [5.41, 5.74) is 1.07. The van der Waals surface area contributed by atoms with Crippen molar-refractivity contribution >= 4 is 27.7 Å². The van der Waals surface area contributed by atoms with Crippen LogP contribution in [-0.2, 0) is 21.2 Å². The summed E-state index contributed by atoms with van der Waals surface area (Å²) in [5, 5.41) is 2.59. The second kappa shape index (κ2) is 11.4. The lowest BCUT2D eigenvalue weighted by Gasteiger charge is -2.34. The molecule has 1 saturated heterocycles. The van der Waals surface area contributed by atoms with Gasteiger partial charge in [-0.15, -0.1) is 0 Å². The van der Waals surface area contributed by atoms with Gasteiger partial charge in [-0.2, -0.15) is 17.6 Å². The number of aryl methyl sites for hydroxylation is 2. The van der Waals surface area contributed by atoms with Gasteiger partial charge in [0.1, 0.15) is 17.1 Å². The number of rotatable bonds is 9. The molecule has 41 heavy (non-hydrogen) atoms. The predicted octanol–water partition coefficient (Wildman–Crippen LogP) is 3.22. The topological polar surface area (TPSA) is 108 Å². The Kier molecular flexibility index (Phi) is 8.46. The van der Waals surface area contributed by atoms with Crippen molar-refractivity contribution < 1.29 is 40.3 Å². The molecule has 2 aromatic rings. The van der Waals surface area contributed by atoms with E-state index < -0.39 is 39.8 Å². The molecule has 0 aliphatic carbocycles. The largest absolute Gasteiger partial charge is 0.461 e. The quantitative estimate of drug-likeness (QED) is 0.446. The van der Waals surface area contributed by atoms with E-state index in [2.05, 4.69) is 15.0 Å². The first-order valence-corrected chi connectivity index (χ1v) is 14.4. The van der Waals surface area contributed by atoms with Crippen LogP contribution in [0.1, 0.15) is 39.9 Å². The van der Waals surface area contributed by atoms with E-state index in [1.54, 1.807) is 32.3 Å². The number of aliphatic imine (C=N–C) groups is 1. The van der Waals surface area contributed by atoms with E-state index in [4.69, 9.17) is 0 Å². The van der Waals surface area contributed by atoms with E-state index in [0.717, 1.165) is 23.3 Å². The Labute approximate surface area is 235 Å². The minimum Gasteiger partial charge on any atom is -0.428 e. The fourth-order valence-electron chi connectivity index (χ4n) is 4.77. The number of nitrogens with zero attached hydrogens (tertiary/aromatic N) is 3. The highest BCUT2D eigenvalue weighted by atomic mass is 32.2. The number of halogens is 4. The van der Waals surface area contributed by atoms with Gasteiger partial charge < -0.3 is 15.0 Å². The van der Waals surface area contributed by atoms with Crippen molar-refractivity contribution in [2.24, 2.45) is 4.99 Å². The highest BCUT2D eigenvalue weighted by Gasteiger charge is 2.48. The van der Waals surface area contributed by atoms with Crippen molar-refractivity contribution in [3.63, 3.8) is 0 Å². The van der Waals surface area contributed by atoms with Crippen LogP contribution in [0.5, 0.6) is 5.75 Å². The van der Waals surface area contributed by atoms with E-state index >= 15 is 0 Å². The van der Waals surface area contributed by atoms with Crippen LogP contribution in [0.25, 0.3) is 0 Å². The molecule has 0 aromatic heterocycles. The number of amides is 2. The number of sulfonamides is 1. The molecule has 2 amide bonds. The Morgan fingerprint density at radius 2 is 1.85 bits per heavy atom. The van der Waals surface area contributed by atoms with Crippen molar-refractivity contribution in [3.05, 3.63) is 64.7 Å². The third-order valence-electron chi connectivity index (χ3n) is 7.16. The third kappa shape index (κ3) is 6.53. The molecule has 1 N–H and O–H groups in total. The van der Waals surface area contributed by atoms with Gasteiger partial charge in [-0.3, -0.25) is 14.6 Å². The van der Waals surface area contributed by atoms with E-state index in [9.17, 15) is 35.6 Å². The van der Waals surface area contributed by atoms with Crippen LogP contribution in [0.3, 0.4) is 0 Å². The summed E-state index contributed by atoms with van der Waals surface area (Å²) in [7, 11) is -0.366. The first-order chi connectivity index (χ1) is 19.1. The van der Waals surface area contributed by atoms with Crippen LogP contribution in [0.15, 0.2) is 47.5 Å². The fourth-order valence-corrected chi connectivity index (χ4v) is 6.25. The smallest absolute Gasteiger partial charge is 0.428 e. The number of piperidine rings is 1. The average molecular weight is 599 g/mol. The fraction of sp³-hybridized carbons (Fsp3) is 0.444. The van der Waals surface area contributed by atoms with Crippen LogP contribution in [-0.4, -0.2) is 86.3 Å². The molecular formula is C27H30F4N4O5S. The van der Waals surface area contributed by atoms with Crippen molar-refractivity contribution in [2.45, 2.75) is 44.3 Å². The number of carbonyl (C=O) groups excluding carboxylic acids is 2. The molecule has 2 aliphatic heterocycles. The Hall–Kier alpha value is -3.52. The van der Waals surface area contributed by atoms with Crippen molar-refractivity contribution in [1.29, 1.82) is 0 Å². The van der Waals surface area contributed by atoms with Gasteiger partial charge in [0.25, 0.3) is 11.8 Å². The van der Waals surface area contributed by atoms with E-state index in [0.29, 0.717) is 5.56 Å². The van der Waals surface area contributed by atoms with Gasteiger partial charge in [0.2, 0.25) is 10.0 Å². The van der Waals surface area contributed by atoms with Gasteiger partial charge in [0.15, 0.2) is 0 Å². The maximum absolute atomic E-state index is 13.3. The second-order valence-electron chi connectivity index (χ2n) is 10.2. The standard InChI is InChI=1S/C27H30F4N4O5S/c1-17-15-20(23(36)34(2)3)8-7-18(17)9-14-41(38,39)35-12-10-26(11-13-35)25(37)32-22(33-26)19-5-4-6-21(16-19)40-27(30,31)24(28)29/h4-8,15-16,24H,9-14H2,1-3H3,(H,32,33,37). The molecule has 2 heterocycles. The molecule has 1 fully saturated rings. The molecule has 2 aliphatic rings. The Balaban J connectivity index is 1.41. The second-order valence-corrected chi connectivity index (χ2v) is 12.3. The lowest BCUT2D eigenvalue weighted by molar-refractivity contribution is -0.253. The zero-order chi connectivity index (χ0) is 30.2. The van der Waals surface area contributed by atoms with Crippen LogP contribution in [0.4, 0.5) is 17.6 Å². The summed E-state index contributed by atoms with van der Waals surface area (Å²) < 4.78 is 83.3. The minimum atomic E-state index is -4.69. The summed E-state index contributed by atoms with van der Waals surface area (Å²) >= 11 is 0. The molecule has 14 heteroatoms. The maximum atomic E-state index is 13.3.